The predicted octanol–water partition coefficient (Wildman–Crippen LogP) is 6.15. The lowest BCUT2D eigenvalue weighted by molar-refractivity contribution is -0.127. The van der Waals surface area contributed by atoms with Crippen molar-refractivity contribution < 1.29 is 14.3 Å². The number of allylic oxidation sites excluding steroid dienone is 1. The molecule has 0 spiro atoms. The molecule has 1 aromatic heterocycles. The molecule has 0 saturated heterocycles. The van der Waals surface area contributed by atoms with Crippen molar-refractivity contribution in [2.45, 2.75) is 40.3 Å². The van der Waals surface area contributed by atoms with E-state index >= 15 is 0 Å². The van der Waals surface area contributed by atoms with Crippen molar-refractivity contribution in [2.24, 2.45) is 4.99 Å². The Morgan fingerprint density at radius 3 is 2.37 bits per heavy atom. The van der Waals surface area contributed by atoms with Crippen LogP contribution in [0.3, 0.4) is 0 Å². The van der Waals surface area contributed by atoms with E-state index in [-0.39, 0.29) is 11.5 Å². The van der Waals surface area contributed by atoms with Gasteiger partial charge >= 0.3 is 0 Å². The minimum atomic E-state index is -0.717. The Bertz CT molecular complexity index is 2120. The summed E-state index contributed by atoms with van der Waals surface area (Å²) in [6.07, 6.45) is 1.87. The number of methoxy groups -OCH3 is 1. The van der Waals surface area contributed by atoms with Crippen LogP contribution < -0.4 is 24.4 Å². The van der Waals surface area contributed by atoms with Gasteiger partial charge in [-0.2, -0.15) is 0 Å². The minimum Gasteiger partial charge on any atom is -0.496 e. The van der Waals surface area contributed by atoms with E-state index in [9.17, 15) is 9.59 Å². The van der Waals surface area contributed by atoms with E-state index in [2.05, 4.69) is 31.2 Å². The second kappa shape index (κ2) is 13.2. The SMILES string of the molecule is CCN(CC)C(=O)C1=C(C)N=c2s/c(=C/c3ccc(OCc4ccc(C)cc4)cc3)c(=O)n2[C@@H]1c1c(OC)ccc2ccccc12. The van der Waals surface area contributed by atoms with Crippen molar-refractivity contribution in [3.8, 4) is 11.5 Å². The summed E-state index contributed by atoms with van der Waals surface area (Å²) in [6.45, 7) is 9.39. The van der Waals surface area contributed by atoms with Crippen LogP contribution in [0, 0.1) is 6.92 Å². The van der Waals surface area contributed by atoms with Crippen LogP contribution in [0.2, 0.25) is 0 Å². The Labute approximate surface area is 272 Å². The normalized spacial score (nSPS) is 14.6. The Morgan fingerprint density at radius 1 is 0.957 bits per heavy atom. The number of aryl methyl sites for hydroxylation is 1. The molecule has 5 aromatic rings. The van der Waals surface area contributed by atoms with Crippen LogP contribution in [0.15, 0.2) is 106 Å². The fraction of sp³-hybridized carbons (Fsp3) is 0.237. The minimum absolute atomic E-state index is 0.137. The monoisotopic (exact) mass is 631 g/mol. The van der Waals surface area contributed by atoms with Gasteiger partial charge in [-0.3, -0.25) is 14.2 Å². The molecule has 1 atom stereocenters. The summed E-state index contributed by atoms with van der Waals surface area (Å²) in [5.74, 6) is 1.22. The number of carbonyl (C=O) groups is 1. The number of aromatic nitrogens is 1. The molecule has 0 fully saturated rings. The third kappa shape index (κ3) is 5.88. The van der Waals surface area contributed by atoms with E-state index < -0.39 is 6.04 Å². The van der Waals surface area contributed by atoms with E-state index in [0.29, 0.717) is 46.0 Å². The molecular weight excluding hydrogens is 595 g/mol. The van der Waals surface area contributed by atoms with Gasteiger partial charge in [-0.1, -0.05) is 83.6 Å². The van der Waals surface area contributed by atoms with Gasteiger partial charge in [0.2, 0.25) is 0 Å². The number of thiazole rings is 1. The first-order valence-electron chi connectivity index (χ1n) is 15.5. The van der Waals surface area contributed by atoms with E-state index in [1.165, 1.54) is 16.9 Å². The first-order valence-corrected chi connectivity index (χ1v) is 16.3. The van der Waals surface area contributed by atoms with Crippen LogP contribution in [0.5, 0.6) is 11.5 Å². The van der Waals surface area contributed by atoms with Crippen molar-refractivity contribution in [2.75, 3.05) is 20.2 Å². The molecule has 0 unspecified atom stereocenters. The van der Waals surface area contributed by atoms with Crippen LogP contribution in [-0.4, -0.2) is 35.6 Å². The maximum absolute atomic E-state index is 14.3. The molecule has 0 aliphatic carbocycles. The van der Waals surface area contributed by atoms with E-state index in [1.54, 1.807) is 16.6 Å². The molecule has 2 heterocycles. The lowest BCUT2D eigenvalue weighted by Gasteiger charge is -2.30. The summed E-state index contributed by atoms with van der Waals surface area (Å²) < 4.78 is 14.1. The number of likely N-dealkylation sites (N-methyl/N-ethyl adjacent to an activating group) is 1. The Morgan fingerprint density at radius 2 is 1.67 bits per heavy atom. The molecule has 0 N–H and O–H groups in total. The summed E-state index contributed by atoms with van der Waals surface area (Å²) in [4.78, 5) is 35.6. The van der Waals surface area contributed by atoms with Crippen LogP contribution in [0.25, 0.3) is 16.8 Å². The van der Waals surface area contributed by atoms with Crippen molar-refractivity contribution >= 4 is 34.1 Å². The van der Waals surface area contributed by atoms with Gasteiger partial charge in [0, 0.05) is 18.7 Å². The molecular formula is C38H37N3O4S. The molecule has 1 aliphatic heterocycles. The third-order valence-corrected chi connectivity index (χ3v) is 9.41. The second-order valence-electron chi connectivity index (χ2n) is 11.3. The highest BCUT2D eigenvalue weighted by molar-refractivity contribution is 7.07. The predicted molar refractivity (Wildman–Crippen MR) is 184 cm³/mol. The van der Waals surface area contributed by atoms with E-state index in [4.69, 9.17) is 14.5 Å². The lowest BCUT2D eigenvalue weighted by Crippen LogP contribution is -2.43. The summed E-state index contributed by atoms with van der Waals surface area (Å²) in [6, 6.07) is 27.1. The smallest absolute Gasteiger partial charge is 0.271 e. The lowest BCUT2D eigenvalue weighted by atomic mass is 9.90. The van der Waals surface area contributed by atoms with Gasteiger partial charge in [0.15, 0.2) is 4.80 Å². The molecule has 7 nitrogen and oxygen atoms in total. The topological polar surface area (TPSA) is 73.1 Å². The number of fused-ring (bicyclic) bond motifs is 2. The number of hydrogen-bond acceptors (Lipinski definition) is 6. The molecule has 8 heteroatoms. The maximum Gasteiger partial charge on any atom is 0.271 e. The quantitative estimate of drug-likeness (QED) is 0.196. The van der Waals surface area contributed by atoms with Gasteiger partial charge < -0.3 is 14.4 Å². The van der Waals surface area contributed by atoms with Crippen LogP contribution >= 0.6 is 11.3 Å². The molecule has 1 aliphatic rings. The molecule has 1 amide bonds. The number of amides is 1. The highest BCUT2D eigenvalue weighted by Gasteiger charge is 2.36. The number of carbonyl (C=O) groups excluding carboxylic acids is 1. The van der Waals surface area contributed by atoms with Crippen molar-refractivity contribution in [3.05, 3.63) is 138 Å². The molecule has 0 radical (unpaired) electrons. The standard InChI is InChI=1S/C38H37N3O4S/c1-6-40(7-2)37(43)33-25(4)39-38-41(35(33)34-30-11-9-8-10-28(30)18-21-31(34)44-5)36(42)32(46-38)22-26-16-19-29(20-17-26)45-23-27-14-12-24(3)13-15-27/h8-22,35H,6-7,23H2,1-5H3/b32-22+/t35-/m0/s1. The number of ether oxygens (including phenoxy) is 2. The Hall–Kier alpha value is -4.95. The van der Waals surface area contributed by atoms with Crippen LogP contribution in [0.4, 0.5) is 0 Å². The van der Waals surface area contributed by atoms with Gasteiger partial charge in [0.05, 0.1) is 22.9 Å². The fourth-order valence-electron chi connectivity index (χ4n) is 5.95. The number of rotatable bonds is 9. The third-order valence-electron chi connectivity index (χ3n) is 8.43. The van der Waals surface area contributed by atoms with Crippen molar-refractivity contribution in [1.82, 2.24) is 9.47 Å². The van der Waals surface area contributed by atoms with E-state index in [1.807, 2.05) is 87.5 Å². The molecule has 46 heavy (non-hydrogen) atoms. The molecule has 234 valence electrons. The van der Waals surface area contributed by atoms with Crippen LogP contribution in [-0.2, 0) is 11.4 Å². The largest absolute Gasteiger partial charge is 0.496 e. The Balaban J connectivity index is 1.45. The number of nitrogens with zero attached hydrogens (tertiary/aromatic N) is 3. The molecule has 0 bridgehead atoms. The molecule has 4 aromatic carbocycles. The first-order chi connectivity index (χ1) is 22.3. The zero-order valence-corrected chi connectivity index (χ0v) is 27.6. The van der Waals surface area contributed by atoms with E-state index in [0.717, 1.165) is 33.2 Å². The summed E-state index contributed by atoms with van der Waals surface area (Å²) >= 11 is 1.32. The fourth-order valence-corrected chi connectivity index (χ4v) is 6.99. The molecule has 0 saturated carbocycles. The summed E-state index contributed by atoms with van der Waals surface area (Å²) in [7, 11) is 1.62. The zero-order valence-electron chi connectivity index (χ0n) is 26.7. The van der Waals surface area contributed by atoms with Gasteiger partial charge in [-0.05, 0) is 73.9 Å². The first kappa shape index (κ1) is 31.0. The average molecular weight is 632 g/mol. The van der Waals surface area contributed by atoms with Gasteiger partial charge in [-0.25, -0.2) is 4.99 Å². The maximum atomic E-state index is 14.3. The number of hydrogen-bond donors (Lipinski definition) is 0. The van der Waals surface area contributed by atoms with Gasteiger partial charge in [0.25, 0.3) is 11.5 Å². The van der Waals surface area contributed by atoms with Crippen molar-refractivity contribution in [3.63, 3.8) is 0 Å². The number of benzene rings is 4. The average Bonchev–Trinajstić information content (AvgIpc) is 3.38. The zero-order chi connectivity index (χ0) is 32.4. The van der Waals surface area contributed by atoms with Crippen molar-refractivity contribution in [1.29, 1.82) is 0 Å². The van der Waals surface area contributed by atoms with Crippen LogP contribution in [0.1, 0.15) is 49.1 Å². The highest BCUT2D eigenvalue weighted by Crippen LogP contribution is 2.40. The summed E-state index contributed by atoms with van der Waals surface area (Å²) in [5.41, 5.74) is 4.81. The Kier molecular flexibility index (Phi) is 8.90. The second-order valence-corrected chi connectivity index (χ2v) is 12.3. The summed E-state index contributed by atoms with van der Waals surface area (Å²) in [5, 5.41) is 1.91. The highest BCUT2D eigenvalue weighted by atomic mass is 32.1. The van der Waals surface area contributed by atoms with Gasteiger partial charge in [-0.15, -0.1) is 0 Å². The van der Waals surface area contributed by atoms with Gasteiger partial charge in [0.1, 0.15) is 24.1 Å². The molecule has 6 rings (SSSR count).